The number of H-pyrrole nitrogens is 2. The second kappa shape index (κ2) is 21.0. The molecule has 8 atom stereocenters. The van der Waals surface area contributed by atoms with Gasteiger partial charge in [0.2, 0.25) is 5.52 Å². The Morgan fingerprint density at radius 3 is 2.00 bits per heavy atom. The number of azo groups is 1. The van der Waals surface area contributed by atoms with E-state index < -0.39 is 54.6 Å². The van der Waals surface area contributed by atoms with E-state index in [1.807, 2.05) is 26.0 Å². The quantitative estimate of drug-likeness (QED) is 0.0542. The summed E-state index contributed by atoms with van der Waals surface area (Å²) in [6.45, 7) is 3.59. The van der Waals surface area contributed by atoms with Crippen LogP contribution in [0.2, 0.25) is 0 Å². The Morgan fingerprint density at radius 1 is 0.839 bits per heavy atom. The van der Waals surface area contributed by atoms with Gasteiger partial charge in [-0.3, -0.25) is 18.9 Å². The summed E-state index contributed by atoms with van der Waals surface area (Å²) in [4.78, 5) is 48.2. The Kier molecular flexibility index (Phi) is 16.1. The Morgan fingerprint density at radius 2 is 1.44 bits per heavy atom. The third-order valence-corrected chi connectivity index (χ3v) is 9.56. The third-order valence-electron chi connectivity index (χ3n) is 9.56. The van der Waals surface area contributed by atoms with E-state index >= 15 is 0 Å². The summed E-state index contributed by atoms with van der Waals surface area (Å²) in [6.07, 6.45) is -3.95. The Balaban J connectivity index is 0.000000198. The first kappa shape index (κ1) is 47.5. The molecule has 2 aliphatic heterocycles. The maximum Gasteiger partial charge on any atom is 1.00 e. The van der Waals surface area contributed by atoms with E-state index in [0.29, 0.717) is 6.61 Å². The van der Waals surface area contributed by atoms with Crippen molar-refractivity contribution in [1.29, 1.82) is 5.39 Å². The number of ether oxygens (including phenoxy) is 5. The zero-order chi connectivity index (χ0) is 44.0. The molecule has 322 valence electrons. The molecule has 2 unspecified atom stereocenters. The van der Waals surface area contributed by atoms with Gasteiger partial charge >= 0.3 is 41.1 Å². The number of methoxy groups -OCH3 is 3. The number of nitrogens with zero attached hydrogens (tertiary/aromatic N) is 10. The molecular formula is C37H42N12NaO12+. The van der Waals surface area contributed by atoms with Gasteiger partial charge in [0.1, 0.15) is 54.4 Å². The summed E-state index contributed by atoms with van der Waals surface area (Å²) in [7, 11) is 4.66. The van der Waals surface area contributed by atoms with Crippen molar-refractivity contribution < 1.29 is 78.8 Å². The van der Waals surface area contributed by atoms with Crippen LogP contribution in [0, 0.1) is 19.2 Å². The first-order valence-electron chi connectivity index (χ1n) is 18.4. The SMILES string of the molecule is COC[C@H]1OC(n2cnc3c(=O)[nH]c([N+]#N)nc32)[C@H](OC)[C@@H]1OC.Cc1ccc(N=Nc2nc3c(ncn3C3O[C@H](CO)[C@@H](O)[C@H]3O)c(=O)[nH]2)c(O)c1.Cc1ccc([O-])cc1.[Na+]. The summed E-state index contributed by atoms with van der Waals surface area (Å²) in [6, 6.07) is 11.6. The van der Waals surface area contributed by atoms with Crippen molar-refractivity contribution in [3.63, 3.8) is 0 Å². The van der Waals surface area contributed by atoms with Crippen molar-refractivity contribution in [3.05, 3.63) is 91.9 Å². The van der Waals surface area contributed by atoms with Crippen LogP contribution < -0.4 is 45.8 Å². The molecule has 2 aromatic carbocycles. The Hall–Kier alpha value is -5.56. The van der Waals surface area contributed by atoms with Crippen LogP contribution >= 0.6 is 0 Å². The largest absolute Gasteiger partial charge is 1.00 e. The monoisotopic (exact) mass is 869 g/mol. The van der Waals surface area contributed by atoms with Crippen molar-refractivity contribution in [3.8, 4) is 11.5 Å². The number of phenols is 1. The number of aryl methyl sites for hydroxylation is 2. The predicted molar refractivity (Wildman–Crippen MR) is 209 cm³/mol. The number of aromatic nitrogens is 8. The van der Waals surface area contributed by atoms with E-state index in [1.54, 1.807) is 43.1 Å². The van der Waals surface area contributed by atoms with Crippen LogP contribution in [0.25, 0.3) is 27.3 Å². The summed E-state index contributed by atoms with van der Waals surface area (Å²) in [5.74, 6) is -0.377. The molecule has 8 rings (SSSR count). The van der Waals surface area contributed by atoms with Gasteiger partial charge in [-0.2, -0.15) is 9.97 Å². The van der Waals surface area contributed by atoms with Crippen molar-refractivity contribution >= 4 is 39.9 Å². The van der Waals surface area contributed by atoms with E-state index in [9.17, 15) is 35.1 Å². The standard InChI is InChI=1S/C17H18N6O6.C13H16N6O5.C7H8O.Na/c1-7-2-3-8(9(25)4-7)21-22-17-19-14-11(15(28)20-17)18-6-23(14)16-13(27)12(26)10(5-24)29-16;1-21-4-6-8(22-2)9(23-3)12(24-6)19-5-15-7-10(19)16-13(18-14)17-11(7)20;1-6-2-4-7(8)5-3-6;/h2-4,6,10,12-13,16,24-27H,5H2,1H3,(H,19,20,28);5-6,8-9,12H,4H2,1-3H3;2-5,8H,1H3;/q;;;+1/t10-,12-,13-,16?;6-,8-,9-,12?;;/m11../s1. The van der Waals surface area contributed by atoms with E-state index in [-0.39, 0.29) is 93.2 Å². The number of aromatic hydroxyl groups is 1. The van der Waals surface area contributed by atoms with Gasteiger partial charge in [0.25, 0.3) is 17.2 Å². The molecule has 0 spiro atoms. The second-order valence-electron chi connectivity index (χ2n) is 13.7. The minimum Gasteiger partial charge on any atom is -0.872 e. The minimum absolute atomic E-state index is 0. The van der Waals surface area contributed by atoms with Crippen molar-refractivity contribution in [1.82, 2.24) is 39.0 Å². The molecule has 4 aromatic heterocycles. The van der Waals surface area contributed by atoms with Crippen molar-refractivity contribution in [2.45, 2.75) is 62.9 Å². The number of hydrogen-bond donors (Lipinski definition) is 6. The fourth-order valence-corrected chi connectivity index (χ4v) is 6.53. The Labute approximate surface area is 372 Å². The maximum atomic E-state index is 12.3. The van der Waals surface area contributed by atoms with Crippen molar-refractivity contribution in [2.75, 3.05) is 34.5 Å². The molecule has 0 bridgehead atoms. The van der Waals surface area contributed by atoms with Gasteiger partial charge in [-0.25, -0.2) is 14.8 Å². The van der Waals surface area contributed by atoms with Crippen LogP contribution in [0.5, 0.6) is 11.5 Å². The Bertz CT molecular complexity index is 2630. The molecule has 0 saturated carbocycles. The van der Waals surface area contributed by atoms with Crippen LogP contribution in [-0.4, -0.2) is 131 Å². The van der Waals surface area contributed by atoms with Gasteiger partial charge in [0, 0.05) is 21.3 Å². The van der Waals surface area contributed by atoms with Crippen LogP contribution in [0.1, 0.15) is 23.6 Å². The zero-order valence-electron chi connectivity index (χ0n) is 34.3. The second-order valence-corrected chi connectivity index (χ2v) is 13.7. The molecular weight excluding hydrogens is 827 g/mol. The van der Waals surface area contributed by atoms with Gasteiger partial charge in [-0.1, -0.05) is 35.9 Å². The molecule has 6 N–H and O–H groups in total. The average Bonchev–Trinajstić information content (AvgIpc) is 4.02. The summed E-state index contributed by atoms with van der Waals surface area (Å²) < 4.78 is 30.4. The molecule has 24 nitrogen and oxygen atoms in total. The number of rotatable bonds is 9. The van der Waals surface area contributed by atoms with Crippen molar-refractivity contribution in [2.24, 2.45) is 10.2 Å². The van der Waals surface area contributed by atoms with Gasteiger partial charge in [-0.05, 0) is 41.5 Å². The molecule has 0 amide bonds. The number of aliphatic hydroxyl groups excluding tert-OH is 3. The fourth-order valence-electron chi connectivity index (χ4n) is 6.53. The summed E-state index contributed by atoms with van der Waals surface area (Å²) in [5.41, 5.74) is 1.39. The minimum atomic E-state index is -1.36. The molecule has 0 radical (unpaired) electrons. The van der Waals surface area contributed by atoms with Crippen LogP contribution in [0.15, 0.2) is 74.9 Å². The molecule has 6 heterocycles. The fraction of sp³-hybridized carbons (Fsp3) is 0.405. The van der Waals surface area contributed by atoms with E-state index in [1.165, 1.54) is 30.4 Å². The molecule has 2 fully saturated rings. The van der Waals surface area contributed by atoms with Gasteiger partial charge < -0.3 is 49.2 Å². The normalized spacial score (nSPS) is 23.1. The van der Waals surface area contributed by atoms with Crippen LogP contribution in [0.3, 0.4) is 0 Å². The molecule has 0 aliphatic carbocycles. The molecule has 62 heavy (non-hydrogen) atoms. The average molecular weight is 870 g/mol. The predicted octanol–water partition coefficient (Wildman–Crippen LogP) is -1.59. The maximum absolute atomic E-state index is 12.3. The number of benzene rings is 2. The number of diazo groups is 1. The van der Waals surface area contributed by atoms with E-state index in [2.05, 4.69) is 45.1 Å². The number of aliphatic hydroxyl groups is 3. The number of hydrogen-bond acceptors (Lipinski definition) is 19. The number of aromatic amines is 2. The summed E-state index contributed by atoms with van der Waals surface area (Å²) >= 11 is 0. The molecule has 2 saturated heterocycles. The number of nitrogens with one attached hydrogen (secondary N) is 2. The topological polar surface area (TPSA) is 330 Å². The summed E-state index contributed by atoms with van der Waals surface area (Å²) in [5, 5.41) is 66.4. The first-order chi connectivity index (χ1) is 29.3. The van der Waals surface area contributed by atoms with E-state index in [0.717, 1.165) is 11.1 Å². The van der Waals surface area contributed by atoms with Gasteiger partial charge in [0.15, 0.2) is 23.6 Å². The first-order valence-corrected chi connectivity index (χ1v) is 18.4. The van der Waals surface area contributed by atoms with Crippen LogP contribution in [-0.2, 0) is 23.7 Å². The third kappa shape index (κ3) is 10.2. The molecule has 2 aliphatic rings. The zero-order valence-corrected chi connectivity index (χ0v) is 36.3. The van der Waals surface area contributed by atoms with E-state index in [4.69, 9.17) is 29.1 Å². The van der Waals surface area contributed by atoms with Gasteiger partial charge in [0.05, 0.1) is 24.9 Å². The van der Waals surface area contributed by atoms with Gasteiger partial charge in [-0.15, -0.1) is 16.0 Å². The number of fused-ring (bicyclic) bond motifs is 2. The molecule has 6 aromatic rings. The molecule has 25 heteroatoms. The number of imidazole rings is 2. The smallest absolute Gasteiger partial charge is 0.872 e. The van der Waals surface area contributed by atoms with Crippen LogP contribution in [0.4, 0.5) is 17.6 Å². The number of phenolic OH excluding ortho intramolecular Hbond substituents is 1.